The van der Waals surface area contributed by atoms with E-state index in [2.05, 4.69) is 25.5 Å². The number of nitrogens with one attached hydrogen (secondary N) is 1. The van der Waals surface area contributed by atoms with Gasteiger partial charge in [0.25, 0.3) is 0 Å². The Morgan fingerprint density at radius 1 is 1.27 bits per heavy atom. The minimum atomic E-state index is -1.33. The monoisotopic (exact) mass is 415 g/mol. The van der Waals surface area contributed by atoms with Gasteiger partial charge in [0, 0.05) is 0 Å². The Hall–Kier alpha value is -3.32. The second-order valence-electron chi connectivity index (χ2n) is 6.61. The standard InChI is InChI=1S/C18H21N7O5/c1-29-10-4-2-9(3-5-10)6-22-24-18-23-12-15(19)20-8-21-16(12)25(18)17-14(28)13(27)11(7-26)30-17/h2-6,8,11,13-14,17,26-28H,7H2,1H3,(H,23,24)(H2,19,20,21)/t11-,13+,14-,17-/m0/s1. The van der Waals surface area contributed by atoms with Crippen LogP contribution in [-0.2, 0) is 4.74 Å². The van der Waals surface area contributed by atoms with Gasteiger partial charge >= 0.3 is 0 Å². The molecule has 3 aromatic rings. The van der Waals surface area contributed by atoms with Gasteiger partial charge < -0.3 is 30.5 Å². The zero-order valence-corrected chi connectivity index (χ0v) is 16.0. The van der Waals surface area contributed by atoms with Crippen LogP contribution in [0, 0.1) is 0 Å². The van der Waals surface area contributed by atoms with Gasteiger partial charge in [0.05, 0.1) is 19.9 Å². The number of nitrogens with zero attached hydrogens (tertiary/aromatic N) is 5. The van der Waals surface area contributed by atoms with Crippen molar-refractivity contribution in [2.75, 3.05) is 24.9 Å². The van der Waals surface area contributed by atoms with Crippen LogP contribution in [0.15, 0.2) is 35.7 Å². The first-order valence-corrected chi connectivity index (χ1v) is 9.07. The van der Waals surface area contributed by atoms with Crippen LogP contribution >= 0.6 is 0 Å². The molecule has 1 fully saturated rings. The molecule has 0 amide bonds. The van der Waals surface area contributed by atoms with Gasteiger partial charge in [0.15, 0.2) is 23.2 Å². The Labute approximate surface area is 170 Å². The number of aliphatic hydroxyl groups is 3. The summed E-state index contributed by atoms with van der Waals surface area (Å²) < 4.78 is 12.2. The number of hydrazone groups is 1. The number of nitrogens with two attached hydrogens (primary N) is 1. The molecule has 12 nitrogen and oxygen atoms in total. The van der Waals surface area contributed by atoms with Crippen molar-refractivity contribution in [3.8, 4) is 5.75 Å². The van der Waals surface area contributed by atoms with Crippen LogP contribution < -0.4 is 15.9 Å². The second kappa shape index (κ2) is 8.20. The van der Waals surface area contributed by atoms with Gasteiger partial charge in [-0.1, -0.05) is 0 Å². The smallest absolute Gasteiger partial charge is 0.228 e. The largest absolute Gasteiger partial charge is 0.497 e. The fourth-order valence-corrected chi connectivity index (χ4v) is 3.19. The van der Waals surface area contributed by atoms with Crippen molar-refractivity contribution in [1.29, 1.82) is 0 Å². The SMILES string of the molecule is COc1ccc(C=NNc2nc3c(N)ncnc3n2[C@H]2O[C@@H](CO)[C@@H](O)[C@@H]2O)cc1. The summed E-state index contributed by atoms with van der Waals surface area (Å²) in [4.78, 5) is 12.4. The van der Waals surface area contributed by atoms with Crippen molar-refractivity contribution in [3.63, 3.8) is 0 Å². The summed E-state index contributed by atoms with van der Waals surface area (Å²) >= 11 is 0. The molecular formula is C18H21N7O5. The van der Waals surface area contributed by atoms with E-state index < -0.39 is 31.1 Å². The maximum Gasteiger partial charge on any atom is 0.228 e. The summed E-state index contributed by atoms with van der Waals surface area (Å²) in [5, 5.41) is 34.1. The van der Waals surface area contributed by atoms with E-state index in [-0.39, 0.29) is 22.9 Å². The summed E-state index contributed by atoms with van der Waals surface area (Å²) in [6.45, 7) is -0.461. The highest BCUT2D eigenvalue weighted by atomic mass is 16.6. The number of aromatic nitrogens is 4. The Morgan fingerprint density at radius 3 is 2.70 bits per heavy atom. The highest BCUT2D eigenvalue weighted by Crippen LogP contribution is 2.35. The molecule has 0 radical (unpaired) electrons. The third-order valence-corrected chi connectivity index (χ3v) is 4.77. The molecule has 4 atom stereocenters. The molecule has 6 N–H and O–H groups in total. The summed E-state index contributed by atoms with van der Waals surface area (Å²) in [6.07, 6.45) is -1.83. The number of rotatable bonds is 6. The van der Waals surface area contributed by atoms with Crippen LogP contribution in [0.1, 0.15) is 11.8 Å². The van der Waals surface area contributed by atoms with Crippen LogP contribution in [0.5, 0.6) is 5.75 Å². The molecule has 1 aliphatic rings. The number of aliphatic hydroxyl groups excluding tert-OH is 3. The number of nitrogen functional groups attached to an aromatic ring is 1. The number of benzene rings is 1. The molecule has 30 heavy (non-hydrogen) atoms. The van der Waals surface area contributed by atoms with Gasteiger partial charge in [-0.3, -0.25) is 4.57 Å². The Kier molecular flexibility index (Phi) is 5.46. The lowest BCUT2D eigenvalue weighted by Crippen LogP contribution is -2.33. The van der Waals surface area contributed by atoms with E-state index in [0.29, 0.717) is 0 Å². The molecule has 0 saturated carbocycles. The molecule has 3 heterocycles. The quantitative estimate of drug-likeness (QED) is 0.260. The Balaban J connectivity index is 1.68. The van der Waals surface area contributed by atoms with E-state index in [1.807, 2.05) is 12.1 Å². The number of hydrogen-bond donors (Lipinski definition) is 5. The van der Waals surface area contributed by atoms with E-state index >= 15 is 0 Å². The molecule has 158 valence electrons. The van der Waals surface area contributed by atoms with E-state index in [0.717, 1.165) is 11.3 Å². The van der Waals surface area contributed by atoms with Gasteiger partial charge in [-0.2, -0.15) is 5.10 Å². The van der Waals surface area contributed by atoms with Crippen LogP contribution in [-0.4, -0.2) is 73.1 Å². The van der Waals surface area contributed by atoms with Crippen LogP contribution in [0.2, 0.25) is 0 Å². The molecule has 0 spiro atoms. The predicted molar refractivity (Wildman–Crippen MR) is 107 cm³/mol. The molecule has 4 rings (SSSR count). The molecule has 0 bridgehead atoms. The van der Waals surface area contributed by atoms with E-state index in [1.165, 1.54) is 10.9 Å². The maximum absolute atomic E-state index is 10.4. The molecule has 2 aromatic heterocycles. The first-order chi connectivity index (χ1) is 14.5. The minimum Gasteiger partial charge on any atom is -0.497 e. The van der Waals surface area contributed by atoms with Crippen molar-refractivity contribution in [2.24, 2.45) is 5.10 Å². The summed E-state index contributed by atoms with van der Waals surface area (Å²) in [5.41, 5.74) is 10.0. The number of methoxy groups -OCH3 is 1. The first kappa shape index (κ1) is 20.0. The number of imidazole rings is 1. The van der Waals surface area contributed by atoms with E-state index in [1.54, 1.807) is 25.5 Å². The Morgan fingerprint density at radius 2 is 2.03 bits per heavy atom. The van der Waals surface area contributed by atoms with Crippen LogP contribution in [0.3, 0.4) is 0 Å². The fourth-order valence-electron chi connectivity index (χ4n) is 3.19. The zero-order valence-electron chi connectivity index (χ0n) is 16.0. The summed E-state index contributed by atoms with van der Waals surface area (Å²) in [6, 6.07) is 7.24. The highest BCUT2D eigenvalue weighted by molar-refractivity contribution is 5.84. The fraction of sp³-hybridized carbons (Fsp3) is 0.333. The molecular weight excluding hydrogens is 394 g/mol. The predicted octanol–water partition coefficient (Wildman–Crippen LogP) is -0.525. The zero-order chi connectivity index (χ0) is 21.3. The third-order valence-electron chi connectivity index (χ3n) is 4.77. The van der Waals surface area contributed by atoms with Crippen molar-refractivity contribution in [2.45, 2.75) is 24.5 Å². The third kappa shape index (κ3) is 3.52. The highest BCUT2D eigenvalue weighted by Gasteiger charge is 2.45. The number of ether oxygens (including phenoxy) is 2. The van der Waals surface area contributed by atoms with Gasteiger partial charge in [-0.25, -0.2) is 20.4 Å². The van der Waals surface area contributed by atoms with Crippen molar-refractivity contribution in [1.82, 2.24) is 19.5 Å². The molecule has 1 saturated heterocycles. The molecule has 1 aromatic carbocycles. The second-order valence-corrected chi connectivity index (χ2v) is 6.61. The van der Waals surface area contributed by atoms with Gasteiger partial charge in [0.1, 0.15) is 30.4 Å². The number of fused-ring (bicyclic) bond motifs is 1. The number of hydrogen-bond acceptors (Lipinski definition) is 11. The molecule has 0 aliphatic carbocycles. The van der Waals surface area contributed by atoms with Crippen molar-refractivity contribution < 1.29 is 24.8 Å². The van der Waals surface area contributed by atoms with Gasteiger partial charge in [0.2, 0.25) is 5.95 Å². The molecule has 1 aliphatic heterocycles. The first-order valence-electron chi connectivity index (χ1n) is 9.07. The van der Waals surface area contributed by atoms with Crippen molar-refractivity contribution >= 4 is 29.1 Å². The molecule has 0 unspecified atom stereocenters. The Bertz CT molecular complexity index is 1060. The van der Waals surface area contributed by atoms with E-state index in [9.17, 15) is 15.3 Å². The molecule has 12 heteroatoms. The summed E-state index contributed by atoms with van der Waals surface area (Å²) in [7, 11) is 1.58. The normalized spacial score (nSPS) is 24.0. The average Bonchev–Trinajstić information content (AvgIpc) is 3.26. The lowest BCUT2D eigenvalue weighted by Gasteiger charge is -2.18. The topological polar surface area (TPSA) is 173 Å². The van der Waals surface area contributed by atoms with E-state index in [4.69, 9.17) is 15.2 Å². The summed E-state index contributed by atoms with van der Waals surface area (Å²) in [5.74, 6) is 1.02. The van der Waals surface area contributed by atoms with Gasteiger partial charge in [-0.15, -0.1) is 0 Å². The number of anilines is 2. The lowest BCUT2D eigenvalue weighted by molar-refractivity contribution is -0.0501. The maximum atomic E-state index is 10.4. The van der Waals surface area contributed by atoms with Crippen LogP contribution in [0.25, 0.3) is 11.2 Å². The van der Waals surface area contributed by atoms with Crippen molar-refractivity contribution in [3.05, 3.63) is 36.2 Å². The van der Waals surface area contributed by atoms with Crippen LogP contribution in [0.4, 0.5) is 11.8 Å². The average molecular weight is 415 g/mol. The lowest BCUT2D eigenvalue weighted by atomic mass is 10.1. The minimum absolute atomic E-state index is 0.132. The van der Waals surface area contributed by atoms with Gasteiger partial charge in [-0.05, 0) is 29.8 Å².